The van der Waals surface area contributed by atoms with E-state index in [4.69, 9.17) is 32.7 Å². The van der Waals surface area contributed by atoms with E-state index in [9.17, 15) is 4.79 Å². The molecular formula is C24H23Cl2NO3. The number of amides is 1. The van der Waals surface area contributed by atoms with Crippen LogP contribution in [0.4, 0.5) is 0 Å². The maximum absolute atomic E-state index is 12.8. The first-order valence-electron chi connectivity index (χ1n) is 9.66. The Kier molecular flexibility index (Phi) is 7.61. The lowest BCUT2D eigenvalue weighted by atomic mass is 10.1. The highest BCUT2D eigenvalue weighted by atomic mass is 35.5. The van der Waals surface area contributed by atoms with Gasteiger partial charge in [-0.05, 0) is 74.0 Å². The third-order valence-corrected chi connectivity index (χ3v) is 5.05. The zero-order valence-corrected chi connectivity index (χ0v) is 18.3. The van der Waals surface area contributed by atoms with E-state index in [1.54, 1.807) is 42.5 Å². The van der Waals surface area contributed by atoms with Crippen molar-refractivity contribution in [2.24, 2.45) is 0 Å². The van der Waals surface area contributed by atoms with Crippen LogP contribution < -0.4 is 14.8 Å². The number of carbonyl (C=O) groups excluding carboxylic acids is 1. The molecule has 3 rings (SSSR count). The third kappa shape index (κ3) is 5.91. The fourth-order valence-electron chi connectivity index (χ4n) is 2.94. The van der Waals surface area contributed by atoms with Crippen molar-refractivity contribution in [1.82, 2.24) is 5.32 Å². The fraction of sp³-hybridized carbons (Fsp3) is 0.208. The Morgan fingerprint density at radius 1 is 0.933 bits per heavy atom. The SMILES string of the molecule is CCOc1ccc(C(=O)NC(C)c2ccc(Cl)cc2)cc1COc1ccc(Cl)cc1. The van der Waals surface area contributed by atoms with Gasteiger partial charge in [-0.15, -0.1) is 0 Å². The minimum atomic E-state index is -0.173. The number of rotatable bonds is 8. The molecule has 6 heteroatoms. The van der Waals surface area contributed by atoms with Crippen LogP contribution in [0.1, 0.15) is 41.4 Å². The summed E-state index contributed by atoms with van der Waals surface area (Å²) >= 11 is 11.9. The van der Waals surface area contributed by atoms with Crippen LogP contribution in [0.3, 0.4) is 0 Å². The molecule has 0 fully saturated rings. The molecule has 0 aromatic heterocycles. The van der Waals surface area contributed by atoms with Gasteiger partial charge in [-0.3, -0.25) is 4.79 Å². The molecule has 4 nitrogen and oxygen atoms in total. The second-order valence-corrected chi connectivity index (χ2v) is 7.62. The van der Waals surface area contributed by atoms with E-state index in [0.717, 1.165) is 11.1 Å². The summed E-state index contributed by atoms with van der Waals surface area (Å²) in [4.78, 5) is 12.8. The Bertz CT molecular complexity index is 988. The molecule has 0 saturated carbocycles. The van der Waals surface area contributed by atoms with E-state index in [1.165, 1.54) is 0 Å². The van der Waals surface area contributed by atoms with Crippen LogP contribution in [0.5, 0.6) is 11.5 Å². The van der Waals surface area contributed by atoms with Crippen molar-refractivity contribution in [1.29, 1.82) is 0 Å². The molecule has 0 aliphatic heterocycles. The van der Waals surface area contributed by atoms with Crippen molar-refractivity contribution < 1.29 is 14.3 Å². The van der Waals surface area contributed by atoms with Gasteiger partial charge in [-0.25, -0.2) is 0 Å². The standard InChI is InChI=1S/C24H23Cl2NO3/c1-3-29-23-13-6-18(14-19(23)15-30-22-11-9-21(26)10-12-22)24(28)27-16(2)17-4-7-20(25)8-5-17/h4-14,16H,3,15H2,1-2H3,(H,27,28). The molecule has 0 aliphatic carbocycles. The number of ether oxygens (including phenoxy) is 2. The molecule has 0 spiro atoms. The fourth-order valence-corrected chi connectivity index (χ4v) is 3.19. The first-order valence-corrected chi connectivity index (χ1v) is 10.4. The van der Waals surface area contributed by atoms with Gasteiger partial charge < -0.3 is 14.8 Å². The second kappa shape index (κ2) is 10.4. The number of carbonyl (C=O) groups is 1. The smallest absolute Gasteiger partial charge is 0.251 e. The van der Waals surface area contributed by atoms with E-state index < -0.39 is 0 Å². The summed E-state index contributed by atoms with van der Waals surface area (Å²) < 4.78 is 11.5. The Hall–Kier alpha value is -2.69. The summed E-state index contributed by atoms with van der Waals surface area (Å²) in [5, 5.41) is 4.32. The van der Waals surface area contributed by atoms with Gasteiger partial charge in [0, 0.05) is 21.2 Å². The average molecular weight is 444 g/mol. The predicted molar refractivity (Wildman–Crippen MR) is 121 cm³/mol. The Morgan fingerprint density at radius 3 is 2.20 bits per heavy atom. The molecule has 1 N–H and O–H groups in total. The molecule has 1 atom stereocenters. The Morgan fingerprint density at radius 2 is 1.57 bits per heavy atom. The first-order chi connectivity index (χ1) is 14.5. The Labute approximate surface area is 186 Å². The van der Waals surface area contributed by atoms with Crippen LogP contribution in [0.25, 0.3) is 0 Å². The third-order valence-electron chi connectivity index (χ3n) is 4.55. The minimum Gasteiger partial charge on any atom is -0.493 e. The molecule has 156 valence electrons. The number of nitrogens with one attached hydrogen (secondary N) is 1. The topological polar surface area (TPSA) is 47.6 Å². The zero-order valence-electron chi connectivity index (χ0n) is 16.8. The van der Waals surface area contributed by atoms with Crippen molar-refractivity contribution in [2.75, 3.05) is 6.61 Å². The van der Waals surface area contributed by atoms with Crippen molar-refractivity contribution in [2.45, 2.75) is 26.5 Å². The van der Waals surface area contributed by atoms with Gasteiger partial charge >= 0.3 is 0 Å². The highest BCUT2D eigenvalue weighted by Crippen LogP contribution is 2.24. The lowest BCUT2D eigenvalue weighted by Crippen LogP contribution is -2.26. The van der Waals surface area contributed by atoms with Gasteiger partial charge in [0.1, 0.15) is 18.1 Å². The maximum Gasteiger partial charge on any atom is 0.251 e. The number of halogens is 2. The van der Waals surface area contributed by atoms with Gasteiger partial charge in [0.15, 0.2) is 0 Å². The van der Waals surface area contributed by atoms with Crippen LogP contribution in [0.2, 0.25) is 10.0 Å². The Balaban J connectivity index is 1.73. The van der Waals surface area contributed by atoms with E-state index in [1.807, 2.05) is 38.1 Å². The van der Waals surface area contributed by atoms with Gasteiger partial charge in [0.25, 0.3) is 5.91 Å². The maximum atomic E-state index is 12.8. The molecule has 0 aliphatic rings. The molecule has 0 radical (unpaired) electrons. The largest absolute Gasteiger partial charge is 0.493 e. The van der Waals surface area contributed by atoms with Gasteiger partial charge in [0.05, 0.1) is 12.6 Å². The molecule has 0 saturated heterocycles. The number of hydrogen-bond acceptors (Lipinski definition) is 3. The summed E-state index contributed by atoms with van der Waals surface area (Å²) in [5.41, 5.74) is 2.30. The predicted octanol–water partition coefficient (Wildman–Crippen LogP) is 6.46. The molecule has 0 bridgehead atoms. The van der Waals surface area contributed by atoms with Crippen molar-refractivity contribution in [3.63, 3.8) is 0 Å². The summed E-state index contributed by atoms with van der Waals surface area (Å²) in [7, 11) is 0. The zero-order chi connectivity index (χ0) is 21.5. The average Bonchev–Trinajstić information content (AvgIpc) is 2.74. The molecule has 30 heavy (non-hydrogen) atoms. The minimum absolute atomic E-state index is 0.157. The molecule has 1 amide bonds. The summed E-state index contributed by atoms with van der Waals surface area (Å²) in [6.07, 6.45) is 0. The van der Waals surface area contributed by atoms with Gasteiger partial charge in [-0.1, -0.05) is 35.3 Å². The van der Waals surface area contributed by atoms with Crippen LogP contribution >= 0.6 is 23.2 Å². The van der Waals surface area contributed by atoms with E-state index >= 15 is 0 Å². The number of benzene rings is 3. The van der Waals surface area contributed by atoms with Crippen LogP contribution in [0.15, 0.2) is 66.7 Å². The summed E-state index contributed by atoms with van der Waals surface area (Å²) in [5.74, 6) is 1.20. The number of hydrogen-bond donors (Lipinski definition) is 1. The monoisotopic (exact) mass is 443 g/mol. The van der Waals surface area contributed by atoms with Crippen LogP contribution in [-0.2, 0) is 6.61 Å². The normalized spacial score (nSPS) is 11.6. The van der Waals surface area contributed by atoms with E-state index in [-0.39, 0.29) is 18.6 Å². The van der Waals surface area contributed by atoms with Gasteiger partial charge in [-0.2, -0.15) is 0 Å². The van der Waals surface area contributed by atoms with Crippen LogP contribution in [-0.4, -0.2) is 12.5 Å². The molecule has 3 aromatic rings. The summed E-state index contributed by atoms with van der Waals surface area (Å²) in [6.45, 7) is 4.64. The second-order valence-electron chi connectivity index (χ2n) is 6.74. The lowest BCUT2D eigenvalue weighted by molar-refractivity contribution is 0.0939. The molecule has 0 heterocycles. The van der Waals surface area contributed by atoms with Gasteiger partial charge in [0.2, 0.25) is 0 Å². The van der Waals surface area contributed by atoms with Crippen molar-refractivity contribution >= 4 is 29.1 Å². The quantitative estimate of drug-likeness (QED) is 0.434. The summed E-state index contributed by atoms with van der Waals surface area (Å²) in [6, 6.07) is 19.7. The van der Waals surface area contributed by atoms with E-state index in [2.05, 4.69) is 5.32 Å². The molecule has 1 unspecified atom stereocenters. The highest BCUT2D eigenvalue weighted by molar-refractivity contribution is 6.30. The van der Waals surface area contributed by atoms with Crippen LogP contribution in [0, 0.1) is 0 Å². The molecule has 3 aromatic carbocycles. The first kappa shape index (κ1) is 22.0. The van der Waals surface area contributed by atoms with E-state index in [0.29, 0.717) is 33.7 Å². The van der Waals surface area contributed by atoms with Crippen molar-refractivity contribution in [3.8, 4) is 11.5 Å². The lowest BCUT2D eigenvalue weighted by Gasteiger charge is -2.16. The highest BCUT2D eigenvalue weighted by Gasteiger charge is 2.14. The molecular weight excluding hydrogens is 421 g/mol. The van der Waals surface area contributed by atoms with Crippen molar-refractivity contribution in [3.05, 3.63) is 93.5 Å².